The van der Waals surface area contributed by atoms with Crippen molar-refractivity contribution in [3.05, 3.63) is 35.4 Å². The molecule has 1 aromatic carbocycles. The van der Waals surface area contributed by atoms with E-state index in [4.69, 9.17) is 16.9 Å². The van der Waals surface area contributed by atoms with E-state index in [0.29, 0.717) is 12.0 Å². The number of aldehydes is 1. The monoisotopic (exact) mass is 191 g/mol. The van der Waals surface area contributed by atoms with E-state index in [0.717, 1.165) is 11.8 Å². The molecule has 0 bridgehead atoms. The molecule has 0 heterocycles. The maximum atomic E-state index is 10.3. The van der Waals surface area contributed by atoms with Crippen LogP contribution in [0.4, 0.5) is 0 Å². The second-order valence-corrected chi connectivity index (χ2v) is 3.11. The van der Waals surface area contributed by atoms with Gasteiger partial charge in [0.15, 0.2) is 0 Å². The van der Waals surface area contributed by atoms with E-state index in [9.17, 15) is 4.79 Å². The molecule has 1 unspecified atom stereocenters. The molecule has 0 amide bonds. The SMILES string of the molecule is N=C(N)c1ccc(CC(N)C=O)cc1. The minimum Gasteiger partial charge on any atom is -0.384 e. The standard InChI is InChI=1S/C10H13N3O/c11-9(6-14)5-7-1-3-8(4-2-7)10(12)13/h1-4,6,9H,5,11H2,(H3,12,13). The molecule has 0 saturated carbocycles. The van der Waals surface area contributed by atoms with Crippen molar-refractivity contribution < 1.29 is 4.79 Å². The number of carbonyl (C=O) groups is 1. The number of nitrogens with one attached hydrogen (secondary N) is 1. The van der Waals surface area contributed by atoms with Crippen LogP contribution in [0.5, 0.6) is 0 Å². The highest BCUT2D eigenvalue weighted by atomic mass is 16.1. The van der Waals surface area contributed by atoms with Crippen molar-refractivity contribution >= 4 is 12.1 Å². The first kappa shape index (κ1) is 10.4. The number of nitrogens with two attached hydrogens (primary N) is 2. The zero-order valence-electron chi connectivity index (χ0n) is 7.73. The van der Waals surface area contributed by atoms with Crippen LogP contribution in [0.2, 0.25) is 0 Å². The fourth-order valence-electron chi connectivity index (χ4n) is 1.14. The molecule has 0 aromatic heterocycles. The maximum absolute atomic E-state index is 10.3. The van der Waals surface area contributed by atoms with Gasteiger partial charge in [-0.25, -0.2) is 0 Å². The summed E-state index contributed by atoms with van der Waals surface area (Å²) in [5.41, 5.74) is 12.4. The molecule has 0 aliphatic rings. The zero-order valence-corrected chi connectivity index (χ0v) is 7.73. The summed E-state index contributed by atoms with van der Waals surface area (Å²) in [5, 5.41) is 7.18. The van der Waals surface area contributed by atoms with E-state index in [1.54, 1.807) is 12.1 Å². The van der Waals surface area contributed by atoms with Gasteiger partial charge in [0, 0.05) is 5.56 Å². The first-order valence-corrected chi connectivity index (χ1v) is 4.27. The molecule has 4 heteroatoms. The Morgan fingerprint density at radius 1 is 1.43 bits per heavy atom. The van der Waals surface area contributed by atoms with Crippen molar-refractivity contribution in [2.24, 2.45) is 11.5 Å². The van der Waals surface area contributed by atoms with Crippen molar-refractivity contribution in [2.75, 3.05) is 0 Å². The second-order valence-electron chi connectivity index (χ2n) is 3.11. The number of carbonyl (C=O) groups excluding carboxylic acids is 1. The van der Waals surface area contributed by atoms with Gasteiger partial charge >= 0.3 is 0 Å². The summed E-state index contributed by atoms with van der Waals surface area (Å²) < 4.78 is 0. The number of amidine groups is 1. The molecule has 0 radical (unpaired) electrons. The van der Waals surface area contributed by atoms with Crippen LogP contribution in [0, 0.1) is 5.41 Å². The summed E-state index contributed by atoms with van der Waals surface area (Å²) in [7, 11) is 0. The van der Waals surface area contributed by atoms with Crippen molar-refractivity contribution in [3.8, 4) is 0 Å². The molecule has 0 spiro atoms. The summed E-state index contributed by atoms with van der Waals surface area (Å²) in [4.78, 5) is 10.3. The lowest BCUT2D eigenvalue weighted by molar-refractivity contribution is -0.108. The molecular weight excluding hydrogens is 178 g/mol. The van der Waals surface area contributed by atoms with Gasteiger partial charge in [-0.1, -0.05) is 24.3 Å². The lowest BCUT2D eigenvalue weighted by Gasteiger charge is -2.04. The van der Waals surface area contributed by atoms with Crippen molar-refractivity contribution in [1.29, 1.82) is 5.41 Å². The minimum atomic E-state index is -0.460. The molecular formula is C10H13N3O. The van der Waals surface area contributed by atoms with E-state index < -0.39 is 6.04 Å². The highest BCUT2D eigenvalue weighted by molar-refractivity contribution is 5.94. The van der Waals surface area contributed by atoms with E-state index in [1.807, 2.05) is 12.1 Å². The molecule has 0 fully saturated rings. The topological polar surface area (TPSA) is 93.0 Å². The Balaban J connectivity index is 2.73. The van der Waals surface area contributed by atoms with Gasteiger partial charge in [-0.3, -0.25) is 5.41 Å². The summed E-state index contributed by atoms with van der Waals surface area (Å²) in [6, 6.07) is 6.67. The van der Waals surface area contributed by atoms with Gasteiger partial charge in [0.25, 0.3) is 0 Å². The first-order chi connectivity index (χ1) is 6.63. The molecule has 1 aromatic rings. The largest absolute Gasteiger partial charge is 0.384 e. The lowest BCUT2D eigenvalue weighted by atomic mass is 10.1. The van der Waals surface area contributed by atoms with Crippen LogP contribution in [0.1, 0.15) is 11.1 Å². The highest BCUT2D eigenvalue weighted by Gasteiger charge is 2.02. The quantitative estimate of drug-likeness (QED) is 0.356. The summed E-state index contributed by atoms with van der Waals surface area (Å²) in [6.07, 6.45) is 1.24. The van der Waals surface area contributed by atoms with E-state index in [2.05, 4.69) is 0 Å². The molecule has 1 rings (SSSR count). The van der Waals surface area contributed by atoms with Gasteiger partial charge in [-0.05, 0) is 12.0 Å². The fourth-order valence-corrected chi connectivity index (χ4v) is 1.14. The summed E-state index contributed by atoms with van der Waals surface area (Å²) in [6.45, 7) is 0. The van der Waals surface area contributed by atoms with Crippen LogP contribution in [-0.2, 0) is 11.2 Å². The van der Waals surface area contributed by atoms with Crippen LogP contribution in [0.25, 0.3) is 0 Å². The number of benzene rings is 1. The Kier molecular flexibility index (Phi) is 3.36. The average Bonchev–Trinajstić information content (AvgIpc) is 2.18. The molecule has 0 aliphatic carbocycles. The third-order valence-corrected chi connectivity index (χ3v) is 1.91. The molecule has 0 aliphatic heterocycles. The summed E-state index contributed by atoms with van der Waals surface area (Å²) in [5.74, 6) is 0.0382. The van der Waals surface area contributed by atoms with Gasteiger partial charge in [0.2, 0.25) is 0 Å². The fraction of sp³-hybridized carbons (Fsp3) is 0.200. The highest BCUT2D eigenvalue weighted by Crippen LogP contribution is 2.05. The van der Waals surface area contributed by atoms with Gasteiger partial charge in [-0.15, -0.1) is 0 Å². The number of hydrogen-bond acceptors (Lipinski definition) is 3. The molecule has 4 nitrogen and oxygen atoms in total. The predicted octanol–water partition coefficient (Wildman–Crippen LogP) is 0.0394. The first-order valence-electron chi connectivity index (χ1n) is 4.27. The molecule has 74 valence electrons. The second kappa shape index (κ2) is 4.53. The van der Waals surface area contributed by atoms with Crippen LogP contribution < -0.4 is 11.5 Å². The van der Waals surface area contributed by atoms with Gasteiger partial charge in [0.1, 0.15) is 12.1 Å². The van der Waals surface area contributed by atoms with Gasteiger partial charge in [0.05, 0.1) is 6.04 Å². The Labute approximate surface area is 82.4 Å². The van der Waals surface area contributed by atoms with E-state index in [-0.39, 0.29) is 5.84 Å². The maximum Gasteiger partial charge on any atom is 0.137 e. The zero-order chi connectivity index (χ0) is 10.6. The predicted molar refractivity (Wildman–Crippen MR) is 55.2 cm³/mol. The minimum absolute atomic E-state index is 0.0382. The number of nitrogen functional groups attached to an aromatic ring is 1. The molecule has 5 N–H and O–H groups in total. The van der Waals surface area contributed by atoms with E-state index >= 15 is 0 Å². The van der Waals surface area contributed by atoms with Crippen LogP contribution in [0.15, 0.2) is 24.3 Å². The van der Waals surface area contributed by atoms with Gasteiger partial charge < -0.3 is 16.3 Å². The Bertz CT molecular complexity index is 332. The Morgan fingerprint density at radius 2 is 2.00 bits per heavy atom. The van der Waals surface area contributed by atoms with Gasteiger partial charge in [-0.2, -0.15) is 0 Å². The van der Waals surface area contributed by atoms with Crippen molar-refractivity contribution in [3.63, 3.8) is 0 Å². The third-order valence-electron chi connectivity index (χ3n) is 1.91. The van der Waals surface area contributed by atoms with Crippen molar-refractivity contribution in [2.45, 2.75) is 12.5 Å². The average molecular weight is 191 g/mol. The van der Waals surface area contributed by atoms with Crippen LogP contribution in [0.3, 0.4) is 0 Å². The van der Waals surface area contributed by atoms with Crippen molar-refractivity contribution in [1.82, 2.24) is 0 Å². The number of hydrogen-bond donors (Lipinski definition) is 3. The smallest absolute Gasteiger partial charge is 0.137 e. The Hall–Kier alpha value is -1.68. The summed E-state index contributed by atoms with van der Waals surface area (Å²) >= 11 is 0. The van der Waals surface area contributed by atoms with Crippen LogP contribution in [-0.4, -0.2) is 18.2 Å². The van der Waals surface area contributed by atoms with Crippen LogP contribution >= 0.6 is 0 Å². The Morgan fingerprint density at radius 3 is 2.43 bits per heavy atom. The normalized spacial score (nSPS) is 12.1. The molecule has 0 saturated heterocycles. The third kappa shape index (κ3) is 2.67. The number of rotatable bonds is 4. The van der Waals surface area contributed by atoms with E-state index in [1.165, 1.54) is 0 Å². The molecule has 14 heavy (non-hydrogen) atoms. The lowest BCUT2D eigenvalue weighted by Crippen LogP contribution is -2.24. The molecule has 1 atom stereocenters.